The van der Waals surface area contributed by atoms with Crippen LogP contribution in [0.5, 0.6) is 5.75 Å². The third kappa shape index (κ3) is 7.98. The van der Waals surface area contributed by atoms with Crippen molar-refractivity contribution in [2.75, 3.05) is 65.3 Å². The van der Waals surface area contributed by atoms with Gasteiger partial charge in [-0.15, -0.1) is 0 Å². The molecule has 8 nitrogen and oxygen atoms in total. The number of amides is 1. The van der Waals surface area contributed by atoms with E-state index in [4.69, 9.17) is 9.47 Å². The third-order valence-corrected chi connectivity index (χ3v) is 8.40. The van der Waals surface area contributed by atoms with Crippen molar-refractivity contribution in [3.63, 3.8) is 0 Å². The minimum absolute atomic E-state index is 0.165. The van der Waals surface area contributed by atoms with Gasteiger partial charge in [0, 0.05) is 56.5 Å². The maximum Gasteiger partial charge on any atom is 0.406 e. The number of ether oxygens (including phenoxy) is 2. The topological polar surface area (TPSA) is 71.0 Å². The van der Waals surface area contributed by atoms with Crippen LogP contribution in [0.15, 0.2) is 42.5 Å². The van der Waals surface area contributed by atoms with Crippen LogP contribution in [-0.4, -0.2) is 88.7 Å². The molecule has 0 aliphatic heterocycles. The molecule has 2 N–H and O–H groups in total. The van der Waals surface area contributed by atoms with Crippen LogP contribution in [0.3, 0.4) is 0 Å². The molecule has 3 aromatic rings. The molecule has 44 heavy (non-hydrogen) atoms. The summed E-state index contributed by atoms with van der Waals surface area (Å²) in [4.78, 5) is 16.5. The summed E-state index contributed by atoms with van der Waals surface area (Å²) >= 11 is 0. The van der Waals surface area contributed by atoms with Crippen LogP contribution < -0.4 is 20.3 Å². The first kappa shape index (κ1) is 33.0. The fourth-order valence-corrected chi connectivity index (χ4v) is 5.93. The number of halogens is 3. The van der Waals surface area contributed by atoms with Gasteiger partial charge >= 0.3 is 6.18 Å². The summed E-state index contributed by atoms with van der Waals surface area (Å²) in [6.07, 6.45) is -0.281. The normalized spacial score (nSPS) is 16.8. The first-order valence-corrected chi connectivity index (χ1v) is 14.8. The predicted octanol–water partition coefficient (Wildman–Crippen LogP) is 5.36. The largest absolute Gasteiger partial charge is 0.495 e. The highest BCUT2D eigenvalue weighted by Gasteiger charge is 2.31. The number of nitrogens with one attached hydrogen (secondary N) is 2. The van der Waals surface area contributed by atoms with Crippen LogP contribution in [0.1, 0.15) is 41.7 Å². The van der Waals surface area contributed by atoms with Gasteiger partial charge in [-0.25, -0.2) is 0 Å². The first-order chi connectivity index (χ1) is 21.1. The van der Waals surface area contributed by atoms with E-state index in [1.807, 2.05) is 19.2 Å². The maximum absolute atomic E-state index is 13.7. The van der Waals surface area contributed by atoms with Crippen molar-refractivity contribution in [3.8, 4) is 17.6 Å². The fraction of sp³-hybridized carbons (Fsp3) is 0.485. The summed E-state index contributed by atoms with van der Waals surface area (Å²) in [5, 5.41) is 6.45. The fourth-order valence-electron chi connectivity index (χ4n) is 5.93. The molecule has 4 rings (SSSR count). The smallest absolute Gasteiger partial charge is 0.406 e. The Hall–Kier alpha value is -3.88. The van der Waals surface area contributed by atoms with Crippen LogP contribution in [-0.2, 0) is 11.3 Å². The Morgan fingerprint density at radius 3 is 2.45 bits per heavy atom. The highest BCUT2D eigenvalue weighted by Crippen LogP contribution is 2.35. The van der Waals surface area contributed by atoms with Gasteiger partial charge in [0.15, 0.2) is 0 Å². The minimum atomic E-state index is -4.41. The first-order valence-electron chi connectivity index (χ1n) is 14.8. The van der Waals surface area contributed by atoms with Gasteiger partial charge in [0.2, 0.25) is 0 Å². The van der Waals surface area contributed by atoms with Crippen molar-refractivity contribution < 1.29 is 27.4 Å². The lowest BCUT2D eigenvalue weighted by atomic mass is 9.89. The lowest BCUT2D eigenvalue weighted by Gasteiger charge is -2.39. The maximum atomic E-state index is 13.7. The molecule has 1 aliphatic rings. The van der Waals surface area contributed by atoms with E-state index in [0.29, 0.717) is 46.9 Å². The van der Waals surface area contributed by atoms with Crippen molar-refractivity contribution in [1.29, 1.82) is 0 Å². The molecule has 0 unspecified atom stereocenters. The van der Waals surface area contributed by atoms with Gasteiger partial charge in [-0.3, -0.25) is 4.79 Å². The quantitative estimate of drug-likeness (QED) is 0.284. The number of hydrogen-bond acceptors (Lipinski definition) is 6. The van der Waals surface area contributed by atoms with E-state index in [2.05, 4.69) is 39.3 Å². The number of methoxy groups -OCH3 is 2. The summed E-state index contributed by atoms with van der Waals surface area (Å²) in [6, 6.07) is 13.1. The molecule has 1 aliphatic carbocycles. The zero-order chi connectivity index (χ0) is 31.9. The number of hydrogen-bond donors (Lipinski definition) is 2. The summed E-state index contributed by atoms with van der Waals surface area (Å²) in [5.74, 6) is 6.15. The van der Waals surface area contributed by atoms with Crippen LogP contribution in [0.2, 0.25) is 0 Å². The molecule has 1 fully saturated rings. The van der Waals surface area contributed by atoms with Crippen molar-refractivity contribution in [2.24, 2.45) is 0 Å². The van der Waals surface area contributed by atoms with Gasteiger partial charge in [0.25, 0.3) is 5.91 Å². The highest BCUT2D eigenvalue weighted by molar-refractivity contribution is 5.95. The Morgan fingerprint density at radius 1 is 1.07 bits per heavy atom. The lowest BCUT2D eigenvalue weighted by molar-refractivity contribution is -0.140. The van der Waals surface area contributed by atoms with Crippen LogP contribution in [0, 0.1) is 11.8 Å². The Balaban J connectivity index is 1.55. The van der Waals surface area contributed by atoms with E-state index in [9.17, 15) is 18.0 Å². The molecule has 11 heteroatoms. The molecule has 0 spiro atoms. The standard InChI is InChI=1S/C33H42F3N5O3/c1-37-32(42)23-11-16-28(31(20-23)44-5)38-17-7-8-26-21-27-29(9-6-10-30(27)41(26)22-33(34,35)36)40(3)25-14-12-24(13-15-25)39(2)18-19-43-4/h6,9-11,16,20-21,24-25,38H,12-15,17-19,22H2,1-5H3,(H,37,42). The van der Waals surface area contributed by atoms with Gasteiger partial charge in [-0.2, -0.15) is 13.2 Å². The summed E-state index contributed by atoms with van der Waals surface area (Å²) in [7, 11) is 8.93. The SMILES string of the molecule is CNC(=O)c1ccc(NCC#Cc2cc3c(N(C)C4CCC(N(C)CCOC)CC4)cccc3n2CC(F)(F)F)c(OC)c1. The van der Waals surface area contributed by atoms with E-state index in [-0.39, 0.29) is 12.5 Å². The van der Waals surface area contributed by atoms with Gasteiger partial charge in [0.1, 0.15) is 12.3 Å². The van der Waals surface area contributed by atoms with Crippen LogP contribution in [0.4, 0.5) is 24.5 Å². The van der Waals surface area contributed by atoms with E-state index < -0.39 is 12.7 Å². The second-order valence-corrected chi connectivity index (χ2v) is 11.1. The van der Waals surface area contributed by atoms with Gasteiger partial charge < -0.3 is 34.5 Å². The van der Waals surface area contributed by atoms with Gasteiger partial charge in [-0.05, 0) is 75.0 Å². The number of benzene rings is 2. The van der Waals surface area contributed by atoms with Crippen molar-refractivity contribution >= 4 is 28.2 Å². The second kappa shape index (κ2) is 14.7. The average molecular weight is 614 g/mol. The van der Waals surface area contributed by atoms with Crippen molar-refractivity contribution in [3.05, 3.63) is 53.7 Å². The van der Waals surface area contributed by atoms with E-state index in [1.165, 1.54) is 11.7 Å². The lowest BCUT2D eigenvalue weighted by Crippen LogP contribution is -2.42. The number of anilines is 2. The molecule has 1 amide bonds. The zero-order valence-electron chi connectivity index (χ0n) is 26.1. The summed E-state index contributed by atoms with van der Waals surface area (Å²) < 4.78 is 53.0. The van der Waals surface area contributed by atoms with Crippen LogP contribution >= 0.6 is 0 Å². The number of aromatic nitrogens is 1. The molecule has 0 atom stereocenters. The van der Waals surface area contributed by atoms with E-state index in [1.54, 1.807) is 44.5 Å². The zero-order valence-corrected chi connectivity index (χ0v) is 26.1. The number of rotatable bonds is 11. The molecule has 2 aromatic carbocycles. The number of carbonyl (C=O) groups excluding carboxylic acids is 1. The summed E-state index contributed by atoms with van der Waals surface area (Å²) in [6.45, 7) is 0.631. The number of nitrogens with zero attached hydrogens (tertiary/aromatic N) is 3. The monoisotopic (exact) mass is 613 g/mol. The second-order valence-electron chi connectivity index (χ2n) is 11.1. The number of carbonyl (C=O) groups is 1. The summed E-state index contributed by atoms with van der Waals surface area (Å²) in [5.41, 5.74) is 2.77. The number of fused-ring (bicyclic) bond motifs is 1. The van der Waals surface area contributed by atoms with Gasteiger partial charge in [0.05, 0.1) is 37.2 Å². The molecular formula is C33H42F3N5O3. The molecule has 0 saturated heterocycles. The molecular weight excluding hydrogens is 571 g/mol. The number of likely N-dealkylation sites (N-methyl/N-ethyl adjacent to an activating group) is 1. The Kier molecular flexibility index (Phi) is 11.1. The molecule has 1 saturated carbocycles. The molecule has 0 bridgehead atoms. The molecule has 1 heterocycles. The molecule has 1 aromatic heterocycles. The number of alkyl halides is 3. The third-order valence-electron chi connectivity index (χ3n) is 8.40. The predicted molar refractivity (Wildman–Crippen MR) is 169 cm³/mol. The highest BCUT2D eigenvalue weighted by atomic mass is 19.4. The van der Waals surface area contributed by atoms with Crippen molar-refractivity contribution in [2.45, 2.75) is 50.5 Å². The molecule has 238 valence electrons. The Bertz CT molecular complexity index is 1490. The van der Waals surface area contributed by atoms with Crippen LogP contribution in [0.25, 0.3) is 10.9 Å². The van der Waals surface area contributed by atoms with E-state index in [0.717, 1.165) is 43.3 Å². The molecule has 0 radical (unpaired) electrons. The van der Waals surface area contributed by atoms with E-state index >= 15 is 0 Å². The average Bonchev–Trinajstić information content (AvgIpc) is 3.36. The minimum Gasteiger partial charge on any atom is -0.495 e. The Morgan fingerprint density at radius 2 is 1.80 bits per heavy atom. The van der Waals surface area contributed by atoms with Gasteiger partial charge in [-0.1, -0.05) is 12.0 Å². The van der Waals surface area contributed by atoms with Crippen molar-refractivity contribution in [1.82, 2.24) is 14.8 Å². The Labute approximate surface area is 257 Å².